The maximum atomic E-state index is 11.7. The molecular formula is C13H18N4OS. The second-order valence-electron chi connectivity index (χ2n) is 4.89. The minimum atomic E-state index is -0.234. The maximum absolute atomic E-state index is 11.7. The molecule has 0 unspecified atom stereocenters. The Morgan fingerprint density at radius 3 is 2.79 bits per heavy atom. The van der Waals surface area contributed by atoms with Crippen LogP contribution in [0.4, 0.5) is 10.7 Å². The molecule has 102 valence electrons. The van der Waals surface area contributed by atoms with Gasteiger partial charge in [0.25, 0.3) is 5.91 Å². The summed E-state index contributed by atoms with van der Waals surface area (Å²) < 4.78 is 0. The largest absolute Gasteiger partial charge is 0.396 e. The summed E-state index contributed by atoms with van der Waals surface area (Å²) in [5.74, 6) is 0.464. The monoisotopic (exact) mass is 278 g/mol. The normalized spacial score (nSPS) is 14.6. The van der Waals surface area contributed by atoms with Crippen molar-refractivity contribution in [1.82, 2.24) is 5.32 Å². The lowest BCUT2D eigenvalue weighted by Gasteiger charge is -2.30. The Labute approximate surface area is 117 Å². The number of nitrogens with zero attached hydrogens (tertiary/aromatic N) is 2. The highest BCUT2D eigenvalue weighted by molar-refractivity contribution is 7.19. The summed E-state index contributed by atoms with van der Waals surface area (Å²) in [7, 11) is 3.52. The number of carbonyl (C=O) groups excluding carboxylic acids is 1. The zero-order chi connectivity index (χ0) is 14.0. The minimum Gasteiger partial charge on any atom is -0.396 e. The first-order valence-corrected chi connectivity index (χ1v) is 7.15. The van der Waals surface area contributed by atoms with Gasteiger partial charge in [0.1, 0.15) is 21.5 Å². The molecule has 0 aromatic carbocycles. The Bertz CT molecular complexity index is 527. The van der Waals surface area contributed by atoms with Crippen LogP contribution in [-0.2, 0) is 0 Å². The van der Waals surface area contributed by atoms with Gasteiger partial charge in [-0.25, -0.2) is 0 Å². The Morgan fingerprint density at radius 1 is 1.63 bits per heavy atom. The van der Waals surface area contributed by atoms with E-state index in [0.29, 0.717) is 22.0 Å². The van der Waals surface area contributed by atoms with Crippen LogP contribution in [0.1, 0.15) is 34.5 Å². The number of rotatable bonds is 4. The smallest absolute Gasteiger partial charge is 0.263 e. The van der Waals surface area contributed by atoms with Gasteiger partial charge in [-0.3, -0.25) is 4.79 Å². The fourth-order valence-electron chi connectivity index (χ4n) is 2.24. The van der Waals surface area contributed by atoms with Gasteiger partial charge in [0.05, 0.1) is 5.69 Å². The highest BCUT2D eigenvalue weighted by atomic mass is 32.1. The summed E-state index contributed by atoms with van der Waals surface area (Å²) in [5.41, 5.74) is 6.62. The van der Waals surface area contributed by atoms with E-state index in [1.165, 1.54) is 30.6 Å². The molecular weight excluding hydrogens is 260 g/mol. The summed E-state index contributed by atoms with van der Waals surface area (Å²) in [6.07, 6.45) is 3.78. The molecule has 1 aromatic rings. The van der Waals surface area contributed by atoms with Gasteiger partial charge < -0.3 is 16.0 Å². The van der Waals surface area contributed by atoms with Crippen molar-refractivity contribution >= 4 is 27.9 Å². The van der Waals surface area contributed by atoms with Gasteiger partial charge in [-0.05, 0) is 18.8 Å². The first-order chi connectivity index (χ1) is 9.08. The van der Waals surface area contributed by atoms with Crippen LogP contribution in [0.15, 0.2) is 0 Å². The summed E-state index contributed by atoms with van der Waals surface area (Å²) in [4.78, 5) is 14.2. The molecule has 1 fully saturated rings. The minimum absolute atomic E-state index is 0.234. The van der Waals surface area contributed by atoms with E-state index in [4.69, 9.17) is 5.73 Å². The van der Waals surface area contributed by atoms with Gasteiger partial charge in [0.15, 0.2) is 0 Å². The number of amides is 1. The van der Waals surface area contributed by atoms with E-state index in [2.05, 4.69) is 16.3 Å². The molecule has 3 N–H and O–H groups in total. The fraction of sp³-hybridized carbons (Fsp3) is 0.538. The van der Waals surface area contributed by atoms with Gasteiger partial charge >= 0.3 is 0 Å². The molecule has 0 atom stereocenters. The first kappa shape index (κ1) is 13.7. The molecule has 0 saturated heterocycles. The third-order valence-corrected chi connectivity index (χ3v) is 4.89. The van der Waals surface area contributed by atoms with Crippen molar-refractivity contribution in [2.75, 3.05) is 31.3 Å². The van der Waals surface area contributed by atoms with E-state index in [9.17, 15) is 10.1 Å². The molecule has 1 heterocycles. The zero-order valence-corrected chi connectivity index (χ0v) is 12.0. The lowest BCUT2D eigenvalue weighted by molar-refractivity contribution is 0.0968. The Hall–Kier alpha value is -1.74. The summed E-state index contributed by atoms with van der Waals surface area (Å²) in [5, 5.41) is 12.6. The standard InChI is InChI=1S/C13H18N4OS/c1-16-12(18)11-10(15)9(6-14)13(19-11)17(2)7-8-4-3-5-8/h8H,3-5,7,15H2,1-2H3,(H,16,18). The Morgan fingerprint density at radius 2 is 2.32 bits per heavy atom. The molecule has 6 heteroatoms. The van der Waals surface area contributed by atoms with E-state index < -0.39 is 0 Å². The molecule has 1 aromatic heterocycles. The number of hydrogen-bond acceptors (Lipinski definition) is 5. The second-order valence-corrected chi connectivity index (χ2v) is 5.89. The fourth-order valence-corrected chi connectivity index (χ4v) is 3.32. The van der Waals surface area contributed by atoms with Crippen LogP contribution in [0.25, 0.3) is 0 Å². The molecule has 0 aliphatic heterocycles. The van der Waals surface area contributed by atoms with Crippen LogP contribution in [0.2, 0.25) is 0 Å². The number of nitrogens with two attached hydrogens (primary N) is 1. The predicted molar refractivity (Wildman–Crippen MR) is 77.4 cm³/mol. The van der Waals surface area contributed by atoms with Gasteiger partial charge in [0, 0.05) is 20.6 Å². The molecule has 1 amide bonds. The number of thiophene rings is 1. The molecule has 19 heavy (non-hydrogen) atoms. The van der Waals surface area contributed by atoms with Crippen molar-refractivity contribution in [2.24, 2.45) is 5.92 Å². The van der Waals surface area contributed by atoms with E-state index in [0.717, 1.165) is 11.5 Å². The van der Waals surface area contributed by atoms with Gasteiger partial charge in [-0.15, -0.1) is 11.3 Å². The van der Waals surface area contributed by atoms with Crippen molar-refractivity contribution in [2.45, 2.75) is 19.3 Å². The van der Waals surface area contributed by atoms with Crippen LogP contribution in [0, 0.1) is 17.2 Å². The summed E-state index contributed by atoms with van der Waals surface area (Å²) in [6, 6.07) is 2.12. The average Bonchev–Trinajstić information content (AvgIpc) is 2.69. The first-order valence-electron chi connectivity index (χ1n) is 6.34. The highest BCUT2D eigenvalue weighted by Crippen LogP contribution is 2.38. The quantitative estimate of drug-likeness (QED) is 0.879. The van der Waals surface area contributed by atoms with Crippen molar-refractivity contribution in [3.8, 4) is 6.07 Å². The van der Waals surface area contributed by atoms with Crippen LogP contribution in [0.3, 0.4) is 0 Å². The number of nitrogens with one attached hydrogen (secondary N) is 1. The lowest BCUT2D eigenvalue weighted by Crippen LogP contribution is -2.29. The molecule has 0 bridgehead atoms. The van der Waals surface area contributed by atoms with E-state index >= 15 is 0 Å². The van der Waals surface area contributed by atoms with Crippen LogP contribution >= 0.6 is 11.3 Å². The van der Waals surface area contributed by atoms with Crippen LogP contribution in [0.5, 0.6) is 0 Å². The number of nitriles is 1. The van der Waals surface area contributed by atoms with Gasteiger partial charge in [-0.1, -0.05) is 6.42 Å². The van der Waals surface area contributed by atoms with Crippen LogP contribution in [-0.4, -0.2) is 26.5 Å². The molecule has 1 aliphatic carbocycles. The third kappa shape index (κ3) is 2.51. The molecule has 1 aliphatic rings. The molecule has 1 saturated carbocycles. The number of nitrogen functional groups attached to an aromatic ring is 1. The molecule has 0 radical (unpaired) electrons. The lowest BCUT2D eigenvalue weighted by atomic mass is 9.85. The van der Waals surface area contributed by atoms with E-state index in [1.54, 1.807) is 7.05 Å². The maximum Gasteiger partial charge on any atom is 0.263 e. The van der Waals surface area contributed by atoms with Crippen LogP contribution < -0.4 is 16.0 Å². The molecule has 2 rings (SSSR count). The predicted octanol–water partition coefficient (Wildman–Crippen LogP) is 1.80. The van der Waals surface area contributed by atoms with Crippen molar-refractivity contribution < 1.29 is 4.79 Å². The topological polar surface area (TPSA) is 82.2 Å². The highest BCUT2D eigenvalue weighted by Gasteiger charge is 2.25. The Balaban J connectivity index is 2.28. The summed E-state index contributed by atoms with van der Waals surface area (Å²) in [6.45, 7) is 0.918. The number of anilines is 2. The Kier molecular flexibility index (Phi) is 3.96. The van der Waals surface area contributed by atoms with Gasteiger partial charge in [-0.2, -0.15) is 5.26 Å². The second kappa shape index (κ2) is 5.49. The van der Waals surface area contributed by atoms with Gasteiger partial charge in [0.2, 0.25) is 0 Å². The molecule has 5 nitrogen and oxygen atoms in total. The third-order valence-electron chi connectivity index (χ3n) is 3.58. The van der Waals surface area contributed by atoms with E-state index in [-0.39, 0.29) is 5.91 Å². The zero-order valence-electron chi connectivity index (χ0n) is 11.2. The summed E-state index contributed by atoms with van der Waals surface area (Å²) >= 11 is 1.29. The van der Waals surface area contributed by atoms with Crippen molar-refractivity contribution in [3.05, 3.63) is 10.4 Å². The van der Waals surface area contributed by atoms with Crippen molar-refractivity contribution in [1.29, 1.82) is 5.26 Å². The number of hydrogen-bond donors (Lipinski definition) is 2. The van der Waals surface area contributed by atoms with Crippen molar-refractivity contribution in [3.63, 3.8) is 0 Å². The average molecular weight is 278 g/mol. The number of carbonyl (C=O) groups is 1. The van der Waals surface area contributed by atoms with E-state index in [1.807, 2.05) is 7.05 Å². The SMILES string of the molecule is CNC(=O)c1sc(N(C)CC2CCC2)c(C#N)c1N. The molecule has 0 spiro atoms.